The number of nitrogens with zero attached hydrogens (tertiary/aromatic N) is 3. The van der Waals surface area contributed by atoms with Crippen LogP contribution in [0.5, 0.6) is 0 Å². The van der Waals surface area contributed by atoms with Crippen LogP contribution in [-0.4, -0.2) is 38.2 Å². The molecule has 15 heavy (non-hydrogen) atoms. The van der Waals surface area contributed by atoms with Gasteiger partial charge in [-0.3, -0.25) is 4.68 Å². The molecule has 2 unspecified atom stereocenters. The van der Waals surface area contributed by atoms with Crippen LogP contribution in [0.2, 0.25) is 0 Å². The maximum absolute atomic E-state index is 10.3. The fourth-order valence-corrected chi connectivity index (χ4v) is 1.97. The topological polar surface area (TPSA) is 60.2 Å². The SMILES string of the molecule is CCn1ncnc1CC1(O)CCOC1C. The van der Waals surface area contributed by atoms with Crippen LogP contribution in [0.4, 0.5) is 0 Å². The first-order valence-corrected chi connectivity index (χ1v) is 5.36. The molecular formula is C10H17N3O2. The lowest BCUT2D eigenvalue weighted by Gasteiger charge is -2.25. The second-order valence-corrected chi connectivity index (χ2v) is 4.04. The van der Waals surface area contributed by atoms with Crippen LogP contribution in [-0.2, 0) is 17.7 Å². The van der Waals surface area contributed by atoms with Gasteiger partial charge in [0.05, 0.1) is 11.7 Å². The summed E-state index contributed by atoms with van der Waals surface area (Å²) < 4.78 is 7.19. The monoisotopic (exact) mass is 211 g/mol. The van der Waals surface area contributed by atoms with Gasteiger partial charge in [0.15, 0.2) is 0 Å². The highest BCUT2D eigenvalue weighted by atomic mass is 16.5. The van der Waals surface area contributed by atoms with Gasteiger partial charge in [0.1, 0.15) is 12.2 Å². The van der Waals surface area contributed by atoms with Gasteiger partial charge in [-0.05, 0) is 13.8 Å². The first kappa shape index (κ1) is 10.6. The Balaban J connectivity index is 2.14. The number of aliphatic hydroxyl groups is 1. The molecule has 2 rings (SSSR count). The van der Waals surface area contributed by atoms with Crippen LogP contribution < -0.4 is 0 Å². The van der Waals surface area contributed by atoms with E-state index >= 15 is 0 Å². The number of aromatic nitrogens is 3. The van der Waals surface area contributed by atoms with Crippen LogP contribution >= 0.6 is 0 Å². The first-order chi connectivity index (χ1) is 7.15. The van der Waals surface area contributed by atoms with E-state index < -0.39 is 5.60 Å². The van der Waals surface area contributed by atoms with Gasteiger partial charge in [0.2, 0.25) is 0 Å². The summed E-state index contributed by atoms with van der Waals surface area (Å²) in [6.07, 6.45) is 2.59. The highest BCUT2D eigenvalue weighted by Crippen LogP contribution is 2.28. The van der Waals surface area contributed by atoms with Crippen molar-refractivity contribution >= 4 is 0 Å². The Bertz CT molecular complexity index is 339. The molecule has 0 amide bonds. The van der Waals surface area contributed by atoms with E-state index in [2.05, 4.69) is 10.1 Å². The summed E-state index contributed by atoms with van der Waals surface area (Å²) >= 11 is 0. The van der Waals surface area contributed by atoms with Crippen LogP contribution in [0.1, 0.15) is 26.1 Å². The van der Waals surface area contributed by atoms with Crippen LogP contribution in [0.15, 0.2) is 6.33 Å². The largest absolute Gasteiger partial charge is 0.387 e. The molecule has 1 aliphatic rings. The molecule has 0 bridgehead atoms. The normalized spacial score (nSPS) is 31.0. The summed E-state index contributed by atoms with van der Waals surface area (Å²) in [6.45, 7) is 5.31. The first-order valence-electron chi connectivity index (χ1n) is 5.36. The molecule has 1 aromatic heterocycles. The van der Waals surface area contributed by atoms with Crippen molar-refractivity contribution in [3.05, 3.63) is 12.2 Å². The number of ether oxygens (including phenoxy) is 1. The van der Waals surface area contributed by atoms with Gasteiger partial charge in [-0.2, -0.15) is 5.10 Å². The number of hydrogen-bond acceptors (Lipinski definition) is 4. The maximum Gasteiger partial charge on any atom is 0.138 e. The molecule has 2 heterocycles. The van der Waals surface area contributed by atoms with Gasteiger partial charge in [-0.1, -0.05) is 0 Å². The zero-order valence-corrected chi connectivity index (χ0v) is 9.18. The molecule has 84 valence electrons. The Hall–Kier alpha value is -0.940. The quantitative estimate of drug-likeness (QED) is 0.785. The number of hydrogen-bond donors (Lipinski definition) is 1. The van der Waals surface area contributed by atoms with Crippen LogP contribution in [0.25, 0.3) is 0 Å². The number of aryl methyl sites for hydroxylation is 1. The smallest absolute Gasteiger partial charge is 0.138 e. The molecule has 0 spiro atoms. The Labute approximate surface area is 89.1 Å². The van der Waals surface area contributed by atoms with Crippen molar-refractivity contribution in [2.45, 2.75) is 44.9 Å². The molecule has 0 saturated carbocycles. The summed E-state index contributed by atoms with van der Waals surface area (Å²) in [4.78, 5) is 4.17. The van der Waals surface area contributed by atoms with E-state index in [1.54, 1.807) is 0 Å². The summed E-state index contributed by atoms with van der Waals surface area (Å²) in [6, 6.07) is 0. The highest BCUT2D eigenvalue weighted by molar-refractivity contribution is 5.00. The van der Waals surface area contributed by atoms with E-state index in [0.29, 0.717) is 19.4 Å². The van der Waals surface area contributed by atoms with E-state index in [9.17, 15) is 5.11 Å². The molecule has 2 atom stereocenters. The molecule has 0 aliphatic carbocycles. The molecule has 0 radical (unpaired) electrons. The standard InChI is InChI=1S/C10H17N3O2/c1-3-13-9(11-7-12-13)6-10(14)4-5-15-8(10)2/h7-8,14H,3-6H2,1-2H3. The van der Waals surface area contributed by atoms with Gasteiger partial charge in [0, 0.05) is 26.0 Å². The third-order valence-corrected chi connectivity index (χ3v) is 3.12. The van der Waals surface area contributed by atoms with Crippen LogP contribution in [0, 0.1) is 0 Å². The minimum atomic E-state index is -0.778. The Kier molecular flexibility index (Phi) is 2.75. The predicted molar refractivity (Wildman–Crippen MR) is 54.4 cm³/mol. The predicted octanol–water partition coefficient (Wildman–Crippen LogP) is 0.380. The molecule has 5 heteroatoms. The summed E-state index contributed by atoms with van der Waals surface area (Å²) in [5, 5.41) is 14.4. The maximum atomic E-state index is 10.3. The molecule has 0 aromatic carbocycles. The zero-order valence-electron chi connectivity index (χ0n) is 9.18. The second-order valence-electron chi connectivity index (χ2n) is 4.04. The van der Waals surface area contributed by atoms with E-state index in [1.165, 1.54) is 6.33 Å². The van der Waals surface area contributed by atoms with Crippen molar-refractivity contribution in [3.63, 3.8) is 0 Å². The summed E-state index contributed by atoms with van der Waals surface area (Å²) in [5.74, 6) is 0.831. The minimum Gasteiger partial charge on any atom is -0.387 e. The van der Waals surface area contributed by atoms with Crippen molar-refractivity contribution in [3.8, 4) is 0 Å². The van der Waals surface area contributed by atoms with Gasteiger partial charge in [0.25, 0.3) is 0 Å². The molecule has 1 aromatic rings. The molecule has 1 N–H and O–H groups in total. The lowest BCUT2D eigenvalue weighted by atomic mass is 9.92. The zero-order chi connectivity index (χ0) is 10.9. The van der Waals surface area contributed by atoms with Crippen molar-refractivity contribution in [2.24, 2.45) is 0 Å². The van der Waals surface area contributed by atoms with Gasteiger partial charge >= 0.3 is 0 Å². The van der Waals surface area contributed by atoms with Crippen molar-refractivity contribution in [2.75, 3.05) is 6.61 Å². The Morgan fingerprint density at radius 2 is 2.53 bits per heavy atom. The Morgan fingerprint density at radius 3 is 3.13 bits per heavy atom. The lowest BCUT2D eigenvalue weighted by Crippen LogP contribution is -2.39. The average Bonchev–Trinajstić information content (AvgIpc) is 2.76. The number of rotatable bonds is 3. The van der Waals surface area contributed by atoms with Gasteiger partial charge in [-0.15, -0.1) is 0 Å². The Morgan fingerprint density at radius 1 is 1.73 bits per heavy atom. The summed E-state index contributed by atoms with van der Waals surface area (Å²) in [5.41, 5.74) is -0.778. The van der Waals surface area contributed by atoms with Gasteiger partial charge in [-0.25, -0.2) is 4.98 Å². The van der Waals surface area contributed by atoms with Crippen molar-refractivity contribution in [1.29, 1.82) is 0 Å². The molecule has 1 saturated heterocycles. The van der Waals surface area contributed by atoms with Gasteiger partial charge < -0.3 is 9.84 Å². The molecular weight excluding hydrogens is 194 g/mol. The van der Waals surface area contributed by atoms with E-state index in [1.807, 2.05) is 18.5 Å². The minimum absolute atomic E-state index is 0.125. The molecule has 1 aliphatic heterocycles. The van der Waals surface area contributed by atoms with Crippen molar-refractivity contribution < 1.29 is 9.84 Å². The van der Waals surface area contributed by atoms with Crippen LogP contribution in [0.3, 0.4) is 0 Å². The van der Waals surface area contributed by atoms with E-state index in [0.717, 1.165) is 12.4 Å². The fourth-order valence-electron chi connectivity index (χ4n) is 1.97. The highest BCUT2D eigenvalue weighted by Gasteiger charge is 2.40. The lowest BCUT2D eigenvalue weighted by molar-refractivity contribution is -0.0287. The second kappa shape index (κ2) is 3.90. The average molecular weight is 211 g/mol. The van der Waals surface area contributed by atoms with E-state index in [4.69, 9.17) is 4.74 Å². The summed E-state index contributed by atoms with van der Waals surface area (Å²) in [7, 11) is 0. The molecule has 1 fully saturated rings. The molecule has 5 nitrogen and oxygen atoms in total. The fraction of sp³-hybridized carbons (Fsp3) is 0.800. The third-order valence-electron chi connectivity index (χ3n) is 3.12. The third kappa shape index (κ3) is 1.89. The van der Waals surface area contributed by atoms with E-state index in [-0.39, 0.29) is 6.10 Å². The van der Waals surface area contributed by atoms with Crippen molar-refractivity contribution in [1.82, 2.24) is 14.8 Å².